The summed E-state index contributed by atoms with van der Waals surface area (Å²) in [6, 6.07) is -0.844. The lowest BCUT2D eigenvalue weighted by atomic mass is 9.58. The summed E-state index contributed by atoms with van der Waals surface area (Å²) in [6.07, 6.45) is -2.88. The van der Waals surface area contributed by atoms with Crippen LogP contribution in [-0.4, -0.2) is 73.4 Å². The van der Waals surface area contributed by atoms with Crippen molar-refractivity contribution in [2.24, 2.45) is 11.8 Å². The predicted molar refractivity (Wildman–Crippen MR) is 142 cm³/mol. The molecule has 0 aromatic heterocycles. The van der Waals surface area contributed by atoms with E-state index in [1.165, 1.54) is 0 Å². The molecule has 1 aromatic rings. The molecule has 0 amide bonds. The van der Waals surface area contributed by atoms with Gasteiger partial charge in [0.05, 0.1) is 17.2 Å². The highest BCUT2D eigenvalue weighted by Crippen LogP contribution is 2.55. The molecule has 2 fully saturated rings. The molecule has 1 heterocycles. The van der Waals surface area contributed by atoms with E-state index in [9.17, 15) is 48.0 Å². The number of aromatic hydroxyl groups is 1. The summed E-state index contributed by atoms with van der Waals surface area (Å²) in [6.45, 7) is 3.71. The first kappa shape index (κ1) is 28.9. The van der Waals surface area contributed by atoms with Crippen molar-refractivity contribution in [2.75, 3.05) is 13.1 Å². The van der Waals surface area contributed by atoms with Crippen LogP contribution in [0.3, 0.4) is 0 Å². The zero-order chi connectivity index (χ0) is 30.5. The molecule has 6 rings (SSSR count). The van der Waals surface area contributed by atoms with Crippen LogP contribution in [0, 0.1) is 11.8 Å². The van der Waals surface area contributed by atoms with Gasteiger partial charge >= 0.3 is 6.18 Å². The first-order valence-electron chi connectivity index (χ1n) is 14.4. The first-order valence-corrected chi connectivity index (χ1v) is 14.4. The van der Waals surface area contributed by atoms with Gasteiger partial charge in [0.1, 0.15) is 22.8 Å². The molecule has 0 radical (unpaired) electrons. The molecular weight excluding hydrogens is 557 g/mol. The van der Waals surface area contributed by atoms with E-state index >= 15 is 0 Å². The van der Waals surface area contributed by atoms with Crippen molar-refractivity contribution in [1.29, 1.82) is 0 Å². The number of likely N-dealkylation sites (N-methyl/N-ethyl adjacent to an activating group) is 1. The smallest absolute Gasteiger partial charge is 0.417 e. The molecule has 0 spiro atoms. The molecule has 0 bridgehead atoms. The Bertz CT molecular complexity index is 1470. The number of carbonyl (C=O) groups excluding carboxylic acids is 3. The standard InChI is InChI=1S/C30H33F3N2O7/c1-3-35(14-6-7-14)24-17-10-13-9-16-22(19(37)11-15(18-5-4-8-34-18)23(16)30(31,32)33)25(38)21(13)28(41)29(17,42)27(40)20(12(2)36)26(24)39/h11,13-14,17-18,24,34,37,39,41-42H,3-10H2,1-2H3/t13-,17-,18?,24-,29+/m0/s1. The maximum atomic E-state index is 14.7. The third-order valence-corrected chi connectivity index (χ3v) is 9.76. The molecule has 4 aliphatic carbocycles. The van der Waals surface area contributed by atoms with Crippen molar-refractivity contribution < 1.29 is 48.0 Å². The van der Waals surface area contributed by atoms with Crippen LogP contribution in [0.5, 0.6) is 5.75 Å². The summed E-state index contributed by atoms with van der Waals surface area (Å²) in [5.74, 6) is -7.77. The van der Waals surface area contributed by atoms with Crippen molar-refractivity contribution in [3.8, 4) is 5.75 Å². The van der Waals surface area contributed by atoms with Gasteiger partial charge < -0.3 is 25.7 Å². The number of halogens is 3. The van der Waals surface area contributed by atoms with Gasteiger partial charge in [-0.1, -0.05) is 6.92 Å². The van der Waals surface area contributed by atoms with Crippen molar-refractivity contribution in [3.63, 3.8) is 0 Å². The van der Waals surface area contributed by atoms with E-state index in [0.29, 0.717) is 25.9 Å². The van der Waals surface area contributed by atoms with Gasteiger partial charge in [-0.15, -0.1) is 0 Å². The molecule has 1 saturated heterocycles. The van der Waals surface area contributed by atoms with Gasteiger partial charge in [0.15, 0.2) is 17.2 Å². The number of rotatable bonds is 5. The summed E-state index contributed by atoms with van der Waals surface area (Å²) in [5.41, 5.74) is -6.08. The molecule has 5 N–H and O–H groups in total. The second-order valence-electron chi connectivity index (χ2n) is 12.1. The zero-order valence-electron chi connectivity index (χ0n) is 23.2. The van der Waals surface area contributed by atoms with E-state index in [-0.39, 0.29) is 23.6 Å². The minimum absolute atomic E-state index is 0.0238. The maximum Gasteiger partial charge on any atom is 0.417 e. The highest BCUT2D eigenvalue weighted by Gasteiger charge is 2.64. The predicted octanol–water partition coefficient (Wildman–Crippen LogP) is 3.59. The summed E-state index contributed by atoms with van der Waals surface area (Å²) < 4.78 is 44.0. The van der Waals surface area contributed by atoms with Gasteiger partial charge in [-0.25, -0.2) is 0 Å². The number of benzene rings is 1. The number of alkyl halides is 3. The topological polar surface area (TPSA) is 147 Å². The van der Waals surface area contributed by atoms with Crippen LogP contribution in [-0.2, 0) is 22.2 Å². The highest BCUT2D eigenvalue weighted by molar-refractivity contribution is 6.25. The molecule has 5 atom stereocenters. The molecule has 1 unspecified atom stereocenters. The fraction of sp³-hybridized carbons (Fsp3) is 0.567. The second kappa shape index (κ2) is 9.65. The van der Waals surface area contributed by atoms with Crippen LogP contribution in [0.2, 0.25) is 0 Å². The van der Waals surface area contributed by atoms with Crippen LogP contribution in [0.25, 0.3) is 0 Å². The minimum Gasteiger partial charge on any atom is -0.510 e. The maximum absolute atomic E-state index is 14.7. The molecule has 42 heavy (non-hydrogen) atoms. The second-order valence-corrected chi connectivity index (χ2v) is 12.1. The van der Waals surface area contributed by atoms with Gasteiger partial charge in [-0.2, -0.15) is 13.2 Å². The number of fused-ring (bicyclic) bond motifs is 3. The third-order valence-electron chi connectivity index (χ3n) is 9.76. The summed E-state index contributed by atoms with van der Waals surface area (Å²) >= 11 is 0. The van der Waals surface area contributed by atoms with E-state index in [1.807, 2.05) is 4.90 Å². The van der Waals surface area contributed by atoms with Crippen LogP contribution in [0.4, 0.5) is 13.2 Å². The monoisotopic (exact) mass is 590 g/mol. The fourth-order valence-electron chi connectivity index (χ4n) is 7.89. The average Bonchev–Trinajstić information content (AvgIpc) is 3.58. The lowest BCUT2D eigenvalue weighted by molar-refractivity contribution is -0.149. The quantitative estimate of drug-likeness (QED) is 0.325. The molecule has 226 valence electrons. The SMILES string of the molecule is CCN(C1CC1)[C@@H]1C(O)=C(C(C)=O)C(=O)[C@@]2(O)C(O)=C3C(=O)c4c(O)cc(C5CCCN5)c(C(F)(F)F)c4C[C@H]3C[C@@H]12. The van der Waals surface area contributed by atoms with Crippen LogP contribution >= 0.6 is 0 Å². The van der Waals surface area contributed by atoms with Gasteiger partial charge in [0, 0.05) is 23.6 Å². The minimum atomic E-state index is -4.86. The summed E-state index contributed by atoms with van der Waals surface area (Å²) in [5, 5.41) is 48.7. The Morgan fingerprint density at radius 3 is 2.40 bits per heavy atom. The van der Waals surface area contributed by atoms with Crippen molar-refractivity contribution in [2.45, 2.75) is 82.3 Å². The van der Waals surface area contributed by atoms with Gasteiger partial charge in [0.2, 0.25) is 5.78 Å². The van der Waals surface area contributed by atoms with E-state index in [1.54, 1.807) is 6.92 Å². The number of aliphatic hydroxyl groups excluding tert-OH is 2. The Kier molecular flexibility index (Phi) is 6.63. The van der Waals surface area contributed by atoms with E-state index < -0.39 is 99.0 Å². The number of phenolic OH excluding ortho intramolecular Hbond substituents is 1. The molecule has 1 aliphatic heterocycles. The van der Waals surface area contributed by atoms with E-state index in [2.05, 4.69) is 5.32 Å². The normalized spacial score (nSPS) is 31.4. The summed E-state index contributed by atoms with van der Waals surface area (Å²) in [7, 11) is 0. The van der Waals surface area contributed by atoms with E-state index in [0.717, 1.165) is 25.8 Å². The Labute approximate surface area is 239 Å². The lowest BCUT2D eigenvalue weighted by Crippen LogP contribution is -2.64. The molecule has 5 aliphatic rings. The molecule has 1 saturated carbocycles. The highest BCUT2D eigenvalue weighted by atomic mass is 19.4. The van der Waals surface area contributed by atoms with Crippen LogP contribution in [0.15, 0.2) is 28.7 Å². The molecule has 12 heteroatoms. The van der Waals surface area contributed by atoms with Gasteiger partial charge in [-0.05, 0) is 81.6 Å². The van der Waals surface area contributed by atoms with Crippen molar-refractivity contribution in [3.05, 3.63) is 51.0 Å². The lowest BCUT2D eigenvalue weighted by Gasteiger charge is -2.51. The average molecular weight is 591 g/mol. The number of nitrogens with zero attached hydrogens (tertiary/aromatic N) is 1. The Hall–Kier alpha value is -3.22. The zero-order valence-corrected chi connectivity index (χ0v) is 23.2. The van der Waals surface area contributed by atoms with Crippen LogP contribution < -0.4 is 5.32 Å². The van der Waals surface area contributed by atoms with Gasteiger partial charge in [-0.3, -0.25) is 19.3 Å². The Morgan fingerprint density at radius 1 is 1.17 bits per heavy atom. The number of allylic oxidation sites excluding steroid dienone is 1. The number of ketones is 3. The molecule has 9 nitrogen and oxygen atoms in total. The van der Waals surface area contributed by atoms with Crippen molar-refractivity contribution in [1.82, 2.24) is 10.2 Å². The molecule has 1 aromatic carbocycles. The van der Waals surface area contributed by atoms with Gasteiger partial charge in [0.25, 0.3) is 0 Å². The number of nitrogens with one attached hydrogen (secondary N) is 1. The number of carbonyl (C=O) groups is 3. The third kappa shape index (κ3) is 3.98. The first-order chi connectivity index (χ1) is 19.7. The number of Topliss-reactive ketones (excluding diaryl/α,β-unsaturated/α-hetero) is 3. The molecular formula is C30H33F3N2O7. The Morgan fingerprint density at radius 2 is 1.86 bits per heavy atom. The van der Waals surface area contributed by atoms with Crippen molar-refractivity contribution >= 4 is 17.3 Å². The van der Waals surface area contributed by atoms with E-state index in [4.69, 9.17) is 0 Å². The van der Waals surface area contributed by atoms with Crippen LogP contribution in [0.1, 0.15) is 79.0 Å². The number of hydrogen-bond acceptors (Lipinski definition) is 9. The summed E-state index contributed by atoms with van der Waals surface area (Å²) in [4.78, 5) is 41.9. The number of hydrogen-bond donors (Lipinski definition) is 5. The Balaban J connectivity index is 1.56. The largest absolute Gasteiger partial charge is 0.510 e. The number of phenols is 1. The fourth-order valence-corrected chi connectivity index (χ4v) is 7.89. The number of aliphatic hydroxyl groups is 3.